The van der Waals surface area contributed by atoms with Crippen molar-refractivity contribution < 1.29 is 18.3 Å². The number of nitrogens with one attached hydrogen (secondary N) is 1. The van der Waals surface area contributed by atoms with Crippen molar-refractivity contribution in [3.8, 4) is 5.75 Å². The lowest BCUT2D eigenvalue weighted by Crippen LogP contribution is -2.05. The molecule has 0 unspecified atom stereocenters. The van der Waals surface area contributed by atoms with Gasteiger partial charge < -0.3 is 10.4 Å². The van der Waals surface area contributed by atoms with Gasteiger partial charge in [0, 0.05) is 6.54 Å². The largest absolute Gasteiger partial charge is 0.507 e. The first kappa shape index (κ1) is 12.6. The average molecular weight is 231 g/mol. The second-order valence-electron chi connectivity index (χ2n) is 3.23. The summed E-state index contributed by atoms with van der Waals surface area (Å²) in [7, 11) is 1.74. The van der Waals surface area contributed by atoms with Gasteiger partial charge in [-0.25, -0.2) is 0 Å². The number of phenolic OH excluding ortho intramolecular Hbond substituents is 1. The topological polar surface area (TPSA) is 32.3 Å². The molecule has 0 atom stereocenters. The molecule has 1 rings (SSSR count). The van der Waals surface area contributed by atoms with Crippen molar-refractivity contribution in [1.82, 2.24) is 5.32 Å². The van der Waals surface area contributed by atoms with Gasteiger partial charge in [-0.15, -0.1) is 0 Å². The quantitative estimate of drug-likeness (QED) is 0.838. The van der Waals surface area contributed by atoms with E-state index in [1.54, 1.807) is 19.2 Å². The Labute approximate surface area is 91.4 Å². The van der Waals surface area contributed by atoms with Crippen LogP contribution in [0.25, 0.3) is 6.08 Å². The molecular formula is C11H12F3NO. The van der Waals surface area contributed by atoms with Crippen molar-refractivity contribution in [2.24, 2.45) is 0 Å². The predicted octanol–water partition coefficient (Wildman–Crippen LogP) is 2.64. The first-order chi connectivity index (χ1) is 7.45. The highest BCUT2D eigenvalue weighted by molar-refractivity contribution is 5.53. The Morgan fingerprint density at radius 3 is 2.62 bits per heavy atom. The molecule has 1 aromatic rings. The van der Waals surface area contributed by atoms with Gasteiger partial charge in [0.25, 0.3) is 0 Å². The minimum atomic E-state index is -4.53. The Bertz CT molecular complexity index is 385. The second-order valence-corrected chi connectivity index (χ2v) is 3.23. The summed E-state index contributed by atoms with van der Waals surface area (Å²) in [6.07, 6.45) is -1.27. The van der Waals surface area contributed by atoms with Gasteiger partial charge in [-0.2, -0.15) is 13.2 Å². The number of hydrogen-bond acceptors (Lipinski definition) is 2. The maximum Gasteiger partial charge on any atom is 0.419 e. The summed E-state index contributed by atoms with van der Waals surface area (Å²) in [5.74, 6) is -0.752. The fraction of sp³-hybridized carbons (Fsp3) is 0.273. The fourth-order valence-corrected chi connectivity index (χ4v) is 1.20. The average Bonchev–Trinajstić information content (AvgIpc) is 2.19. The monoisotopic (exact) mass is 231 g/mol. The van der Waals surface area contributed by atoms with Crippen LogP contribution in [0.2, 0.25) is 0 Å². The molecule has 1 aromatic carbocycles. The lowest BCUT2D eigenvalue weighted by molar-refractivity contribution is -0.138. The Morgan fingerprint density at radius 2 is 2.06 bits per heavy atom. The summed E-state index contributed by atoms with van der Waals surface area (Å²) in [6, 6.07) is 3.39. The van der Waals surface area contributed by atoms with E-state index in [1.165, 1.54) is 6.07 Å². The third-order valence-electron chi connectivity index (χ3n) is 1.96. The number of alkyl halides is 3. The maximum atomic E-state index is 12.4. The van der Waals surface area contributed by atoms with Gasteiger partial charge in [-0.3, -0.25) is 0 Å². The molecule has 0 aromatic heterocycles. The van der Waals surface area contributed by atoms with E-state index in [1.807, 2.05) is 0 Å². The van der Waals surface area contributed by atoms with Gasteiger partial charge in [0.1, 0.15) is 5.75 Å². The third-order valence-corrected chi connectivity index (χ3v) is 1.96. The molecule has 0 saturated heterocycles. The Hall–Kier alpha value is -1.49. The molecule has 5 heteroatoms. The van der Waals surface area contributed by atoms with Crippen LogP contribution in [0.3, 0.4) is 0 Å². The van der Waals surface area contributed by atoms with Crippen LogP contribution in [0.1, 0.15) is 11.1 Å². The first-order valence-corrected chi connectivity index (χ1v) is 4.66. The molecule has 0 bridgehead atoms. The summed E-state index contributed by atoms with van der Waals surface area (Å²) in [5.41, 5.74) is -0.612. The third kappa shape index (κ3) is 3.27. The van der Waals surface area contributed by atoms with E-state index in [4.69, 9.17) is 5.11 Å². The van der Waals surface area contributed by atoms with E-state index in [-0.39, 0.29) is 0 Å². The van der Waals surface area contributed by atoms with Crippen LogP contribution < -0.4 is 5.32 Å². The van der Waals surface area contributed by atoms with E-state index >= 15 is 0 Å². The molecule has 16 heavy (non-hydrogen) atoms. The number of likely N-dealkylation sites (N-methyl/N-ethyl adjacent to an activating group) is 1. The predicted molar refractivity (Wildman–Crippen MR) is 56.1 cm³/mol. The maximum absolute atomic E-state index is 12.4. The van der Waals surface area contributed by atoms with E-state index in [0.29, 0.717) is 12.1 Å². The second kappa shape index (κ2) is 5.03. The van der Waals surface area contributed by atoms with Crippen LogP contribution in [-0.2, 0) is 6.18 Å². The lowest BCUT2D eigenvalue weighted by atomic mass is 10.1. The Balaban J connectivity index is 2.99. The number of aromatic hydroxyl groups is 1. The van der Waals surface area contributed by atoms with Crippen molar-refractivity contribution in [1.29, 1.82) is 0 Å². The van der Waals surface area contributed by atoms with Crippen LogP contribution >= 0.6 is 0 Å². The zero-order valence-corrected chi connectivity index (χ0v) is 8.67. The van der Waals surface area contributed by atoms with E-state index < -0.39 is 17.5 Å². The molecule has 0 fully saturated rings. The minimum absolute atomic E-state index is 0.403. The van der Waals surface area contributed by atoms with Crippen LogP contribution in [0.15, 0.2) is 24.3 Å². The molecule has 2 nitrogen and oxygen atoms in total. The number of halogens is 3. The molecular weight excluding hydrogens is 219 g/mol. The van der Waals surface area contributed by atoms with Crippen molar-refractivity contribution in [3.05, 3.63) is 35.4 Å². The number of hydrogen-bond donors (Lipinski definition) is 2. The summed E-state index contributed by atoms with van der Waals surface area (Å²) >= 11 is 0. The van der Waals surface area contributed by atoms with E-state index in [0.717, 1.165) is 12.1 Å². The highest BCUT2D eigenvalue weighted by Crippen LogP contribution is 2.36. The molecule has 0 saturated carbocycles. The van der Waals surface area contributed by atoms with Crippen molar-refractivity contribution in [3.63, 3.8) is 0 Å². The molecule has 2 N–H and O–H groups in total. The summed E-state index contributed by atoms with van der Waals surface area (Å²) in [6.45, 7) is 0.572. The number of phenols is 1. The Kier molecular flexibility index (Phi) is 3.95. The summed E-state index contributed by atoms with van der Waals surface area (Å²) < 4.78 is 37.3. The highest BCUT2D eigenvalue weighted by atomic mass is 19.4. The van der Waals surface area contributed by atoms with Crippen molar-refractivity contribution >= 4 is 6.08 Å². The standard InChI is InChI=1S/C11H12F3NO/c1-15-6-2-3-8-4-5-10(16)9(7-8)11(12,13)14/h2-5,7,15-16H,6H2,1H3. The molecule has 0 radical (unpaired) electrons. The number of benzene rings is 1. The highest BCUT2D eigenvalue weighted by Gasteiger charge is 2.33. The molecule has 0 aliphatic carbocycles. The summed E-state index contributed by atoms with van der Waals surface area (Å²) in [4.78, 5) is 0. The Morgan fingerprint density at radius 1 is 1.38 bits per heavy atom. The van der Waals surface area contributed by atoms with Gasteiger partial charge in [-0.1, -0.05) is 18.2 Å². The van der Waals surface area contributed by atoms with Crippen LogP contribution in [0.4, 0.5) is 13.2 Å². The molecule has 88 valence electrons. The van der Waals surface area contributed by atoms with Crippen LogP contribution in [0.5, 0.6) is 5.75 Å². The number of rotatable bonds is 3. The minimum Gasteiger partial charge on any atom is -0.507 e. The first-order valence-electron chi connectivity index (χ1n) is 4.66. The normalized spacial score (nSPS) is 12.2. The molecule has 0 aliphatic heterocycles. The SMILES string of the molecule is CNCC=Cc1ccc(O)c(C(F)(F)F)c1. The van der Waals surface area contributed by atoms with Crippen molar-refractivity contribution in [2.75, 3.05) is 13.6 Å². The zero-order chi connectivity index (χ0) is 12.2. The van der Waals surface area contributed by atoms with Gasteiger partial charge in [0.05, 0.1) is 5.56 Å². The van der Waals surface area contributed by atoms with Gasteiger partial charge in [0.2, 0.25) is 0 Å². The van der Waals surface area contributed by atoms with Crippen LogP contribution in [0, 0.1) is 0 Å². The zero-order valence-electron chi connectivity index (χ0n) is 8.67. The van der Waals surface area contributed by atoms with Gasteiger partial charge in [0.15, 0.2) is 0 Å². The lowest BCUT2D eigenvalue weighted by Gasteiger charge is -2.09. The van der Waals surface area contributed by atoms with Crippen LogP contribution in [-0.4, -0.2) is 18.7 Å². The van der Waals surface area contributed by atoms with Crippen molar-refractivity contribution in [2.45, 2.75) is 6.18 Å². The fourth-order valence-electron chi connectivity index (χ4n) is 1.20. The summed E-state index contributed by atoms with van der Waals surface area (Å²) in [5, 5.41) is 11.9. The molecule has 0 spiro atoms. The van der Waals surface area contributed by atoms with E-state index in [2.05, 4.69) is 5.32 Å². The smallest absolute Gasteiger partial charge is 0.419 e. The molecule has 0 amide bonds. The molecule has 0 aliphatic rings. The van der Waals surface area contributed by atoms with Gasteiger partial charge >= 0.3 is 6.18 Å². The van der Waals surface area contributed by atoms with E-state index in [9.17, 15) is 13.2 Å². The van der Waals surface area contributed by atoms with Gasteiger partial charge in [-0.05, 0) is 24.7 Å². The molecule has 0 heterocycles.